The second kappa shape index (κ2) is 14.2. The van der Waals surface area contributed by atoms with E-state index in [4.69, 9.17) is 0 Å². The fourth-order valence-corrected chi connectivity index (χ4v) is 1.71. The van der Waals surface area contributed by atoms with Crippen molar-refractivity contribution in [1.29, 1.82) is 0 Å². The van der Waals surface area contributed by atoms with Gasteiger partial charge in [-0.15, -0.1) is 5.73 Å². The van der Waals surface area contributed by atoms with E-state index in [9.17, 15) is 5.21 Å². The molecule has 0 aromatic rings. The van der Waals surface area contributed by atoms with Gasteiger partial charge in [0.15, 0.2) is 0 Å². The Morgan fingerprint density at radius 2 is 1.61 bits per heavy atom. The lowest BCUT2D eigenvalue weighted by atomic mass is 10.1. The van der Waals surface area contributed by atoms with E-state index >= 15 is 0 Å². The average Bonchev–Trinajstić information content (AvgIpc) is 2.34. The molecule has 0 amide bonds. The number of hydrogen-bond acceptors (Lipinski definition) is 1. The zero-order valence-electron chi connectivity index (χ0n) is 12.1. The number of rotatable bonds is 11. The van der Waals surface area contributed by atoms with Gasteiger partial charge in [-0.2, -0.15) is 0 Å². The molecule has 18 heavy (non-hydrogen) atoms. The molecular formula is C16H29NO. The molecule has 1 unspecified atom stereocenters. The lowest BCUT2D eigenvalue weighted by Crippen LogP contribution is -2.98. The molecule has 0 aromatic carbocycles. The molecule has 2 nitrogen and oxygen atoms in total. The summed E-state index contributed by atoms with van der Waals surface area (Å²) in [4.78, 5) is 0. The third-order valence-electron chi connectivity index (χ3n) is 2.77. The topological polar surface area (TPSA) is 27.5 Å². The molecule has 0 saturated carbocycles. The molecule has 0 aromatic heterocycles. The highest BCUT2D eigenvalue weighted by Crippen LogP contribution is 2.06. The fraction of sp³-hybridized carbons (Fsp3) is 0.688. The van der Waals surface area contributed by atoms with Gasteiger partial charge in [-0.3, -0.25) is 0 Å². The van der Waals surface area contributed by atoms with Crippen LogP contribution in [0.2, 0.25) is 0 Å². The van der Waals surface area contributed by atoms with E-state index in [1.807, 2.05) is 6.08 Å². The first-order chi connectivity index (χ1) is 8.77. The van der Waals surface area contributed by atoms with Crippen LogP contribution in [0.15, 0.2) is 30.2 Å². The number of hydroxylamine groups is 2. The summed E-state index contributed by atoms with van der Waals surface area (Å²) in [7, 11) is 1.58. The molecular weight excluding hydrogens is 222 g/mol. The average molecular weight is 251 g/mol. The lowest BCUT2D eigenvalue weighted by Gasteiger charge is -2.07. The van der Waals surface area contributed by atoms with E-state index < -0.39 is 0 Å². The van der Waals surface area contributed by atoms with Crippen LogP contribution in [0.25, 0.3) is 0 Å². The maximum Gasteiger partial charge on any atom is 0.0899 e. The fourth-order valence-electron chi connectivity index (χ4n) is 1.71. The summed E-state index contributed by atoms with van der Waals surface area (Å²) in [6.07, 6.45) is 18.9. The van der Waals surface area contributed by atoms with Crippen molar-refractivity contribution in [3.8, 4) is 0 Å². The van der Waals surface area contributed by atoms with Gasteiger partial charge in [0.1, 0.15) is 0 Å². The third kappa shape index (κ3) is 15.2. The van der Waals surface area contributed by atoms with E-state index in [1.54, 1.807) is 13.2 Å². The SMILES string of the molecule is CCCCCCCCC=C=CCC/C=C/[NH+](C)[O-]. The Kier molecular flexibility index (Phi) is 13.6. The van der Waals surface area contributed by atoms with Gasteiger partial charge in [0.05, 0.1) is 13.2 Å². The third-order valence-corrected chi connectivity index (χ3v) is 2.77. The minimum Gasteiger partial charge on any atom is -0.629 e. The highest BCUT2D eigenvalue weighted by atomic mass is 16.5. The van der Waals surface area contributed by atoms with Gasteiger partial charge in [-0.25, -0.2) is 0 Å². The van der Waals surface area contributed by atoms with Crippen LogP contribution >= 0.6 is 0 Å². The van der Waals surface area contributed by atoms with Crippen LogP contribution in [0.5, 0.6) is 0 Å². The molecule has 0 spiro atoms. The zero-order chi connectivity index (χ0) is 13.5. The highest BCUT2D eigenvalue weighted by molar-refractivity contribution is 4.87. The van der Waals surface area contributed by atoms with Crippen LogP contribution in [-0.2, 0) is 0 Å². The Hall–Kier alpha value is -0.820. The van der Waals surface area contributed by atoms with Crippen molar-refractivity contribution < 1.29 is 5.06 Å². The van der Waals surface area contributed by atoms with Crippen molar-refractivity contribution in [1.82, 2.24) is 0 Å². The predicted molar refractivity (Wildman–Crippen MR) is 79.3 cm³/mol. The van der Waals surface area contributed by atoms with Crippen LogP contribution < -0.4 is 5.06 Å². The molecule has 0 aliphatic rings. The summed E-state index contributed by atoms with van der Waals surface area (Å²) in [6.45, 7) is 2.25. The Labute approximate surface area is 113 Å². The summed E-state index contributed by atoms with van der Waals surface area (Å²) >= 11 is 0. The number of unbranched alkanes of at least 4 members (excludes halogenated alkanes) is 7. The molecule has 0 radical (unpaired) electrons. The molecule has 0 aliphatic carbocycles. The molecule has 0 fully saturated rings. The van der Waals surface area contributed by atoms with E-state index in [1.165, 1.54) is 38.5 Å². The molecule has 1 N–H and O–H groups in total. The van der Waals surface area contributed by atoms with Gasteiger partial charge in [0, 0.05) is 0 Å². The summed E-state index contributed by atoms with van der Waals surface area (Å²) in [5.74, 6) is 0. The van der Waals surface area contributed by atoms with Crippen molar-refractivity contribution >= 4 is 0 Å². The van der Waals surface area contributed by atoms with Crippen molar-refractivity contribution in [2.45, 2.75) is 64.7 Å². The molecule has 2 heteroatoms. The zero-order valence-corrected chi connectivity index (χ0v) is 12.1. The van der Waals surface area contributed by atoms with Crippen molar-refractivity contribution in [2.24, 2.45) is 0 Å². The maximum atomic E-state index is 10.6. The van der Waals surface area contributed by atoms with Crippen molar-refractivity contribution in [3.63, 3.8) is 0 Å². The van der Waals surface area contributed by atoms with Gasteiger partial charge in [-0.05, 0) is 43.9 Å². The Morgan fingerprint density at radius 1 is 0.944 bits per heavy atom. The molecule has 0 aliphatic heterocycles. The standard InChI is InChI=1S/C16H29NO/c1-3-4-5-6-7-8-9-10-11-12-13-14-15-16-17(2)18/h10,12,15-17H,3-9,13-14H2,1-2H3/b16-15+. The van der Waals surface area contributed by atoms with E-state index in [0.29, 0.717) is 0 Å². The minimum absolute atomic E-state index is 0.123. The molecule has 0 heterocycles. The monoisotopic (exact) mass is 251 g/mol. The van der Waals surface area contributed by atoms with E-state index in [0.717, 1.165) is 19.3 Å². The van der Waals surface area contributed by atoms with Gasteiger partial charge >= 0.3 is 0 Å². The Balaban J connectivity index is 3.30. The molecule has 104 valence electrons. The Morgan fingerprint density at radius 3 is 2.33 bits per heavy atom. The van der Waals surface area contributed by atoms with Gasteiger partial charge in [-0.1, -0.05) is 39.0 Å². The highest BCUT2D eigenvalue weighted by Gasteiger charge is 1.87. The van der Waals surface area contributed by atoms with Gasteiger partial charge in [0.25, 0.3) is 0 Å². The summed E-state index contributed by atoms with van der Waals surface area (Å²) in [5.41, 5.74) is 3.21. The second-order valence-corrected chi connectivity index (χ2v) is 4.72. The van der Waals surface area contributed by atoms with Crippen LogP contribution in [0.1, 0.15) is 64.7 Å². The Bertz CT molecular complexity index is 250. The number of nitrogens with one attached hydrogen (secondary N) is 1. The first-order valence-electron chi connectivity index (χ1n) is 7.34. The van der Waals surface area contributed by atoms with Crippen LogP contribution in [0, 0.1) is 5.21 Å². The van der Waals surface area contributed by atoms with Crippen molar-refractivity contribution in [3.05, 3.63) is 35.4 Å². The lowest BCUT2D eigenvalue weighted by molar-refractivity contribution is -0.766. The van der Waals surface area contributed by atoms with Gasteiger partial charge in [0.2, 0.25) is 0 Å². The second-order valence-electron chi connectivity index (χ2n) is 4.72. The van der Waals surface area contributed by atoms with E-state index in [2.05, 4.69) is 24.8 Å². The maximum absolute atomic E-state index is 10.6. The predicted octanol–water partition coefficient (Wildman–Crippen LogP) is 3.75. The largest absolute Gasteiger partial charge is 0.629 e. The number of hydrogen-bond donors (Lipinski definition) is 1. The van der Waals surface area contributed by atoms with Crippen LogP contribution in [0.4, 0.5) is 0 Å². The smallest absolute Gasteiger partial charge is 0.0899 e. The molecule has 0 saturated heterocycles. The van der Waals surface area contributed by atoms with E-state index in [-0.39, 0.29) is 5.06 Å². The normalized spacial score (nSPS) is 12.4. The van der Waals surface area contributed by atoms with Crippen LogP contribution in [0.3, 0.4) is 0 Å². The molecule has 0 bridgehead atoms. The first-order valence-corrected chi connectivity index (χ1v) is 7.34. The number of allylic oxidation sites excluding steroid dienone is 2. The van der Waals surface area contributed by atoms with Gasteiger partial charge < -0.3 is 10.3 Å². The minimum atomic E-state index is 0.123. The molecule has 1 atom stereocenters. The first kappa shape index (κ1) is 17.2. The quantitative estimate of drug-likeness (QED) is 0.338. The number of quaternary nitrogens is 1. The van der Waals surface area contributed by atoms with Crippen LogP contribution in [-0.4, -0.2) is 7.05 Å². The summed E-state index contributed by atoms with van der Waals surface area (Å²) in [5, 5.41) is 10.7. The summed E-state index contributed by atoms with van der Waals surface area (Å²) in [6, 6.07) is 0. The summed E-state index contributed by atoms with van der Waals surface area (Å²) < 4.78 is 0. The van der Waals surface area contributed by atoms with Crippen molar-refractivity contribution in [2.75, 3.05) is 7.05 Å². The molecule has 0 rings (SSSR count).